The van der Waals surface area contributed by atoms with Gasteiger partial charge < -0.3 is 53.5 Å². The summed E-state index contributed by atoms with van der Waals surface area (Å²) in [7, 11) is 8.26. The van der Waals surface area contributed by atoms with Gasteiger partial charge in [0.1, 0.15) is 45.0 Å². The van der Waals surface area contributed by atoms with Crippen LogP contribution in [0.4, 0.5) is 27.7 Å². The number of aromatic carboxylic acids is 1. The second-order valence-electron chi connectivity index (χ2n) is 15.3. The molecule has 8 rings (SSSR count). The first-order valence-corrected chi connectivity index (χ1v) is 20.5. The quantitative estimate of drug-likeness (QED) is 0.145. The number of morpholine rings is 2. The number of phenolic OH excluding ortho intramolecular Hbond substituents is 1. The molecule has 2 aliphatic heterocycles. The first-order chi connectivity index (χ1) is 30.9. The Bertz CT molecular complexity index is 2720. The number of phenols is 1. The lowest BCUT2D eigenvalue weighted by Gasteiger charge is -2.33. The smallest absolute Gasteiger partial charge is 0.356 e. The number of carboxylic acids is 1. The van der Waals surface area contributed by atoms with Crippen molar-refractivity contribution < 1.29 is 47.9 Å². The molecule has 0 radical (unpaired) electrons. The summed E-state index contributed by atoms with van der Waals surface area (Å²) in [5.41, 5.74) is 4.47. The molecular weight excluding hydrogens is 832 g/mol. The number of anilines is 4. The van der Waals surface area contributed by atoms with E-state index >= 15 is 0 Å². The molecule has 2 fully saturated rings. The number of rotatable bonds is 14. The van der Waals surface area contributed by atoms with E-state index in [2.05, 4.69) is 9.88 Å². The molecule has 2 aliphatic rings. The first-order valence-electron chi connectivity index (χ1n) is 20.5. The number of fused-ring (bicyclic) bond motifs is 2. The van der Waals surface area contributed by atoms with Crippen molar-refractivity contribution in [1.29, 1.82) is 0 Å². The Hall–Kier alpha value is -6.87. The Morgan fingerprint density at radius 1 is 0.812 bits per heavy atom. The summed E-state index contributed by atoms with van der Waals surface area (Å²) in [5, 5.41) is 20.8. The highest BCUT2D eigenvalue weighted by atomic mass is 19.1. The highest BCUT2D eigenvalue weighted by Gasteiger charge is 2.29. The normalized spacial score (nSPS) is 15.4. The zero-order valence-electron chi connectivity index (χ0n) is 35.9. The zero-order valence-corrected chi connectivity index (χ0v) is 35.9. The number of esters is 1. The van der Waals surface area contributed by atoms with Gasteiger partial charge in [0.25, 0.3) is 0 Å². The summed E-state index contributed by atoms with van der Waals surface area (Å²) in [6.45, 7) is 3.93. The maximum atomic E-state index is 14.6. The Labute approximate surface area is 367 Å². The summed E-state index contributed by atoms with van der Waals surface area (Å²) in [5.74, 6) is -2.09. The third-order valence-electron chi connectivity index (χ3n) is 10.8. The highest BCUT2D eigenvalue weighted by molar-refractivity contribution is 6.03. The molecule has 20 heteroatoms. The molecule has 2 N–H and O–H groups in total. The third kappa shape index (κ3) is 9.11. The molecule has 4 aromatic heterocycles. The standard InChI is InChI=1S/C44H47FN10O9/c1-52(2)31-21-29(41(57)58)46-40-36(28-20-27(45)9-10-33(28)56)49-44(50-37(31)40)55-14-18-64-34(23-55)63-17-11-53(3)32-22-30(42(59)61-5)47-39-35(26-8-6-7-25(19-26)24-60-4)48-43(51-38(32)39)54-12-15-62-16-13-54/h6-10,19-22,34,56H,11-18,23-24H2,1-5H3,(H,57,58). The van der Waals surface area contributed by atoms with Crippen LogP contribution in [0.15, 0.2) is 54.6 Å². The number of pyridine rings is 2. The van der Waals surface area contributed by atoms with Gasteiger partial charge in [-0.2, -0.15) is 0 Å². The third-order valence-corrected chi connectivity index (χ3v) is 10.8. The number of aromatic nitrogens is 6. The van der Waals surface area contributed by atoms with Crippen molar-refractivity contribution >= 4 is 57.3 Å². The zero-order chi connectivity index (χ0) is 45.1. The van der Waals surface area contributed by atoms with Crippen molar-refractivity contribution in [2.45, 2.75) is 12.9 Å². The van der Waals surface area contributed by atoms with Crippen LogP contribution in [-0.4, -0.2) is 153 Å². The number of carboxylic acid groups (broad SMARTS) is 1. The van der Waals surface area contributed by atoms with Gasteiger partial charge in [0.15, 0.2) is 17.7 Å². The van der Waals surface area contributed by atoms with E-state index in [1.165, 1.54) is 19.2 Å². The number of ether oxygens (including phenoxy) is 5. The Morgan fingerprint density at radius 3 is 2.23 bits per heavy atom. The molecule has 0 saturated carbocycles. The topological polar surface area (TPSA) is 211 Å². The van der Waals surface area contributed by atoms with Gasteiger partial charge in [-0.25, -0.2) is 43.9 Å². The van der Waals surface area contributed by atoms with E-state index in [0.717, 1.165) is 23.3 Å². The molecule has 0 spiro atoms. The molecule has 2 saturated heterocycles. The van der Waals surface area contributed by atoms with Crippen molar-refractivity contribution in [3.8, 4) is 28.3 Å². The SMILES string of the molecule is COCc1cccc(-c2nc(N3CCOCC3)nc3c(N(C)CCOC4CN(c5nc(-c6cc(F)ccc6O)c6nc(C(=O)O)cc(N(C)C)c6n5)CCO4)cc(C(=O)OC)nc23)c1. The van der Waals surface area contributed by atoms with Gasteiger partial charge >= 0.3 is 11.9 Å². The average Bonchev–Trinajstić information content (AvgIpc) is 3.31. The summed E-state index contributed by atoms with van der Waals surface area (Å²) in [6.07, 6.45) is -0.741. The molecule has 0 bridgehead atoms. The summed E-state index contributed by atoms with van der Waals surface area (Å²) in [4.78, 5) is 61.5. The maximum Gasteiger partial charge on any atom is 0.356 e. The van der Waals surface area contributed by atoms with Gasteiger partial charge in [0.2, 0.25) is 11.9 Å². The molecule has 19 nitrogen and oxygen atoms in total. The van der Waals surface area contributed by atoms with Gasteiger partial charge in [-0.05, 0) is 42.0 Å². The minimum absolute atomic E-state index is 0.0190. The van der Waals surface area contributed by atoms with Gasteiger partial charge in [-0.3, -0.25) is 0 Å². The van der Waals surface area contributed by atoms with Crippen LogP contribution in [0.2, 0.25) is 0 Å². The number of carbonyl (C=O) groups excluding carboxylic acids is 1. The Kier molecular flexibility index (Phi) is 12.9. The fraction of sp³-hybridized carbons (Fsp3) is 0.364. The Morgan fingerprint density at radius 2 is 1.50 bits per heavy atom. The number of likely N-dealkylation sites (N-methyl/N-ethyl adjacent to an activating group) is 1. The van der Waals surface area contributed by atoms with Crippen LogP contribution in [0.1, 0.15) is 26.5 Å². The van der Waals surface area contributed by atoms with E-state index in [4.69, 9.17) is 48.6 Å². The number of nitrogens with zero attached hydrogens (tertiary/aromatic N) is 10. The van der Waals surface area contributed by atoms with Crippen LogP contribution in [0.25, 0.3) is 44.6 Å². The number of halogens is 1. The van der Waals surface area contributed by atoms with Crippen LogP contribution < -0.4 is 19.6 Å². The maximum absolute atomic E-state index is 14.6. The fourth-order valence-corrected chi connectivity index (χ4v) is 7.56. The van der Waals surface area contributed by atoms with E-state index in [1.807, 2.05) is 41.1 Å². The monoisotopic (exact) mass is 878 g/mol. The van der Waals surface area contributed by atoms with Crippen LogP contribution in [0.3, 0.4) is 0 Å². The van der Waals surface area contributed by atoms with Crippen LogP contribution in [0, 0.1) is 5.82 Å². The number of aromatic hydroxyl groups is 1. The molecule has 64 heavy (non-hydrogen) atoms. The van der Waals surface area contributed by atoms with Crippen molar-refractivity contribution in [2.75, 3.05) is 114 Å². The van der Waals surface area contributed by atoms with E-state index < -0.39 is 24.0 Å². The molecular formula is C44H47FN10O9. The first kappa shape index (κ1) is 43.8. The van der Waals surface area contributed by atoms with Gasteiger partial charge in [0.05, 0.1) is 58.1 Å². The Balaban J connectivity index is 1.09. The van der Waals surface area contributed by atoms with Gasteiger partial charge in [0, 0.05) is 65.6 Å². The summed E-state index contributed by atoms with van der Waals surface area (Å²) in [6, 6.07) is 14.3. The molecule has 2 aromatic carbocycles. The number of hydrogen-bond acceptors (Lipinski definition) is 18. The van der Waals surface area contributed by atoms with Crippen molar-refractivity contribution in [3.05, 3.63) is 77.4 Å². The van der Waals surface area contributed by atoms with Gasteiger partial charge in [-0.1, -0.05) is 18.2 Å². The molecule has 0 aliphatic carbocycles. The van der Waals surface area contributed by atoms with E-state index in [-0.39, 0.29) is 59.6 Å². The van der Waals surface area contributed by atoms with E-state index in [9.17, 15) is 24.2 Å². The molecule has 6 heterocycles. The summed E-state index contributed by atoms with van der Waals surface area (Å²) >= 11 is 0. The lowest BCUT2D eigenvalue weighted by atomic mass is 10.1. The van der Waals surface area contributed by atoms with Crippen LogP contribution in [0.5, 0.6) is 5.75 Å². The van der Waals surface area contributed by atoms with E-state index in [1.54, 1.807) is 32.2 Å². The predicted octanol–water partition coefficient (Wildman–Crippen LogP) is 4.39. The summed E-state index contributed by atoms with van der Waals surface area (Å²) < 4.78 is 43.2. The molecule has 6 aromatic rings. The van der Waals surface area contributed by atoms with Crippen molar-refractivity contribution in [1.82, 2.24) is 29.9 Å². The van der Waals surface area contributed by atoms with E-state index in [0.29, 0.717) is 85.6 Å². The molecule has 0 amide bonds. The minimum atomic E-state index is -1.27. The highest BCUT2D eigenvalue weighted by Crippen LogP contribution is 2.38. The van der Waals surface area contributed by atoms with Gasteiger partial charge in [-0.15, -0.1) is 0 Å². The number of carbonyl (C=O) groups is 2. The van der Waals surface area contributed by atoms with Crippen molar-refractivity contribution in [2.24, 2.45) is 0 Å². The lowest BCUT2D eigenvalue weighted by molar-refractivity contribution is -0.144. The predicted molar refractivity (Wildman–Crippen MR) is 235 cm³/mol. The lowest BCUT2D eigenvalue weighted by Crippen LogP contribution is -2.45. The second-order valence-corrected chi connectivity index (χ2v) is 15.3. The molecule has 334 valence electrons. The number of benzene rings is 2. The minimum Gasteiger partial charge on any atom is -0.507 e. The largest absolute Gasteiger partial charge is 0.507 e. The average molecular weight is 879 g/mol. The fourth-order valence-electron chi connectivity index (χ4n) is 7.56. The van der Waals surface area contributed by atoms with Crippen LogP contribution >= 0.6 is 0 Å². The molecule has 1 atom stereocenters. The second kappa shape index (κ2) is 18.9. The number of hydrogen-bond donors (Lipinski definition) is 2. The number of methoxy groups -OCH3 is 2. The van der Waals surface area contributed by atoms with Crippen LogP contribution in [-0.2, 0) is 30.3 Å². The van der Waals surface area contributed by atoms with Crippen molar-refractivity contribution in [3.63, 3.8) is 0 Å². The molecule has 1 unspecified atom stereocenters.